The van der Waals surface area contributed by atoms with E-state index in [-0.39, 0.29) is 17.7 Å². The molecule has 0 aliphatic carbocycles. The van der Waals surface area contributed by atoms with Crippen molar-refractivity contribution >= 4 is 6.03 Å². The van der Waals surface area contributed by atoms with Gasteiger partial charge < -0.3 is 20.3 Å². The molecule has 2 amide bonds. The second kappa shape index (κ2) is 7.84. The maximum absolute atomic E-state index is 11.8. The van der Waals surface area contributed by atoms with Gasteiger partial charge in [-0.15, -0.1) is 0 Å². The number of amides is 2. The van der Waals surface area contributed by atoms with E-state index in [1.165, 1.54) is 12.8 Å². The first kappa shape index (κ1) is 18.5. The average molecular weight is 325 g/mol. The number of urea groups is 1. The van der Waals surface area contributed by atoms with Gasteiger partial charge in [0.2, 0.25) is 0 Å². The second-order valence-corrected chi connectivity index (χ2v) is 7.86. The quantitative estimate of drug-likeness (QED) is 0.845. The van der Waals surface area contributed by atoms with Crippen LogP contribution in [0.15, 0.2) is 0 Å². The Morgan fingerprint density at radius 2 is 1.87 bits per heavy atom. The zero-order valence-corrected chi connectivity index (χ0v) is 15.4. The van der Waals surface area contributed by atoms with Crippen molar-refractivity contribution in [1.29, 1.82) is 0 Å². The predicted molar refractivity (Wildman–Crippen MR) is 93.4 cm³/mol. The van der Waals surface area contributed by atoms with Crippen LogP contribution in [0.3, 0.4) is 0 Å². The third kappa shape index (κ3) is 4.38. The van der Waals surface area contributed by atoms with Gasteiger partial charge in [-0.05, 0) is 46.6 Å². The lowest BCUT2D eigenvalue weighted by atomic mass is 9.74. The van der Waals surface area contributed by atoms with Crippen LogP contribution in [0, 0.1) is 5.92 Å². The van der Waals surface area contributed by atoms with Crippen LogP contribution in [0.25, 0.3) is 0 Å². The number of primary amides is 1. The maximum Gasteiger partial charge on any atom is 0.315 e. The van der Waals surface area contributed by atoms with Crippen LogP contribution < -0.4 is 5.73 Å². The first-order valence-electron chi connectivity index (χ1n) is 9.27. The lowest BCUT2D eigenvalue weighted by Gasteiger charge is -2.51. The Balaban J connectivity index is 2.06. The van der Waals surface area contributed by atoms with Gasteiger partial charge in [-0.25, -0.2) is 4.79 Å². The topological polar surface area (TPSA) is 58.8 Å². The molecule has 0 bridgehead atoms. The van der Waals surface area contributed by atoms with E-state index in [1.807, 2.05) is 4.90 Å². The molecule has 2 unspecified atom stereocenters. The summed E-state index contributed by atoms with van der Waals surface area (Å²) in [7, 11) is 2.18. The Morgan fingerprint density at radius 3 is 2.43 bits per heavy atom. The van der Waals surface area contributed by atoms with E-state index in [0.29, 0.717) is 18.6 Å². The van der Waals surface area contributed by atoms with Crippen LogP contribution in [-0.4, -0.2) is 60.3 Å². The molecule has 0 aromatic heterocycles. The minimum Gasteiger partial charge on any atom is -0.374 e. The number of hydrogen-bond donors (Lipinski definition) is 1. The molecule has 2 atom stereocenters. The van der Waals surface area contributed by atoms with Gasteiger partial charge in [0.1, 0.15) is 0 Å². The zero-order chi connectivity index (χ0) is 17.0. The van der Waals surface area contributed by atoms with Crippen molar-refractivity contribution in [1.82, 2.24) is 9.80 Å². The van der Waals surface area contributed by atoms with Gasteiger partial charge in [0.25, 0.3) is 0 Å². The number of hydrogen-bond acceptors (Lipinski definition) is 3. The number of rotatable bonds is 5. The van der Waals surface area contributed by atoms with E-state index >= 15 is 0 Å². The third-order valence-electron chi connectivity index (χ3n) is 5.86. The first-order valence-corrected chi connectivity index (χ1v) is 9.27. The Bertz CT molecular complexity index is 392. The van der Waals surface area contributed by atoms with Crippen LogP contribution in [0.4, 0.5) is 4.79 Å². The van der Waals surface area contributed by atoms with Gasteiger partial charge in [0.05, 0.1) is 12.2 Å². The molecule has 0 aromatic rings. The molecule has 2 aliphatic rings. The molecule has 2 aliphatic heterocycles. The van der Waals surface area contributed by atoms with Crippen LogP contribution in [-0.2, 0) is 4.74 Å². The Kier molecular flexibility index (Phi) is 6.32. The molecule has 2 rings (SSSR count). The molecule has 0 aromatic carbocycles. The van der Waals surface area contributed by atoms with Crippen molar-refractivity contribution < 1.29 is 9.53 Å². The molecule has 0 saturated carbocycles. The van der Waals surface area contributed by atoms with E-state index in [1.54, 1.807) is 0 Å². The molecule has 0 radical (unpaired) electrons. The summed E-state index contributed by atoms with van der Waals surface area (Å²) >= 11 is 0. The minimum absolute atomic E-state index is 0.227. The maximum atomic E-state index is 11.8. The molecule has 2 saturated heterocycles. The number of nitrogens with two attached hydrogens (primary N) is 1. The van der Waals surface area contributed by atoms with Gasteiger partial charge in [0.15, 0.2) is 0 Å². The standard InChI is InChI=1S/C18H35N3O2/c1-5-6-7-15-16(23-14-8-11-20(4)12-9-14)10-13-21(17(19)22)18(15,2)3/h14-16H,5-13H2,1-4H3,(H2,19,22). The van der Waals surface area contributed by atoms with Gasteiger partial charge in [-0.1, -0.05) is 19.8 Å². The van der Waals surface area contributed by atoms with Crippen molar-refractivity contribution in [3.8, 4) is 0 Å². The number of ether oxygens (including phenoxy) is 1. The van der Waals surface area contributed by atoms with Crippen LogP contribution in [0.1, 0.15) is 59.3 Å². The van der Waals surface area contributed by atoms with Gasteiger partial charge in [-0.2, -0.15) is 0 Å². The lowest BCUT2D eigenvalue weighted by Crippen LogP contribution is -2.62. The summed E-state index contributed by atoms with van der Waals surface area (Å²) in [6.45, 7) is 9.48. The molecule has 5 heteroatoms. The zero-order valence-electron chi connectivity index (χ0n) is 15.4. The van der Waals surface area contributed by atoms with Gasteiger partial charge >= 0.3 is 6.03 Å². The van der Waals surface area contributed by atoms with Gasteiger partial charge in [-0.3, -0.25) is 0 Å². The first-order chi connectivity index (χ1) is 10.9. The smallest absolute Gasteiger partial charge is 0.315 e. The molecule has 2 heterocycles. The minimum atomic E-state index is -0.297. The average Bonchev–Trinajstić information content (AvgIpc) is 2.48. The monoisotopic (exact) mass is 325 g/mol. The molecule has 134 valence electrons. The highest BCUT2D eigenvalue weighted by Crippen LogP contribution is 2.39. The SMILES string of the molecule is CCCCC1C(OC2CCN(C)CC2)CCN(C(N)=O)C1(C)C. The second-order valence-electron chi connectivity index (χ2n) is 7.86. The molecule has 2 N–H and O–H groups in total. The lowest BCUT2D eigenvalue weighted by molar-refractivity contribution is -0.120. The highest BCUT2D eigenvalue weighted by Gasteiger charge is 2.46. The van der Waals surface area contributed by atoms with Crippen LogP contribution in [0.5, 0.6) is 0 Å². The van der Waals surface area contributed by atoms with Crippen LogP contribution >= 0.6 is 0 Å². The molecule has 23 heavy (non-hydrogen) atoms. The number of piperidine rings is 2. The summed E-state index contributed by atoms with van der Waals surface area (Å²) in [4.78, 5) is 16.0. The normalized spacial score (nSPS) is 29.7. The fourth-order valence-electron chi connectivity index (χ4n) is 4.29. The van der Waals surface area contributed by atoms with Crippen molar-refractivity contribution in [3.05, 3.63) is 0 Å². The summed E-state index contributed by atoms with van der Waals surface area (Å²) < 4.78 is 6.55. The third-order valence-corrected chi connectivity index (χ3v) is 5.86. The number of likely N-dealkylation sites (tertiary alicyclic amines) is 2. The van der Waals surface area contributed by atoms with Crippen molar-refractivity contribution in [2.75, 3.05) is 26.7 Å². The summed E-state index contributed by atoms with van der Waals surface area (Å²) in [5, 5.41) is 0. The molecule has 0 spiro atoms. The largest absolute Gasteiger partial charge is 0.374 e. The summed E-state index contributed by atoms with van der Waals surface area (Å²) in [5.41, 5.74) is 5.39. The number of carbonyl (C=O) groups is 1. The highest BCUT2D eigenvalue weighted by molar-refractivity contribution is 5.73. The van der Waals surface area contributed by atoms with Crippen molar-refractivity contribution in [2.45, 2.75) is 77.0 Å². The highest BCUT2D eigenvalue weighted by atomic mass is 16.5. The Morgan fingerprint density at radius 1 is 1.22 bits per heavy atom. The Labute approximate surface area is 141 Å². The van der Waals surface area contributed by atoms with E-state index in [2.05, 4.69) is 32.7 Å². The predicted octanol–water partition coefficient (Wildman–Crippen LogP) is 2.84. The van der Waals surface area contributed by atoms with E-state index < -0.39 is 0 Å². The molecule has 5 nitrogen and oxygen atoms in total. The van der Waals surface area contributed by atoms with E-state index in [4.69, 9.17) is 10.5 Å². The molecular weight excluding hydrogens is 290 g/mol. The summed E-state index contributed by atoms with van der Waals surface area (Å²) in [6.07, 6.45) is 7.22. The fourth-order valence-corrected chi connectivity index (χ4v) is 4.29. The van der Waals surface area contributed by atoms with Crippen molar-refractivity contribution in [2.24, 2.45) is 11.7 Å². The van der Waals surface area contributed by atoms with E-state index in [9.17, 15) is 4.79 Å². The Hall–Kier alpha value is -0.810. The summed E-state index contributed by atoms with van der Waals surface area (Å²) in [5.74, 6) is 0.364. The van der Waals surface area contributed by atoms with Gasteiger partial charge in [0, 0.05) is 31.1 Å². The number of unbranched alkanes of at least 4 members (excludes halogenated alkanes) is 1. The van der Waals surface area contributed by atoms with E-state index in [0.717, 1.165) is 38.8 Å². The number of nitrogens with zero attached hydrogens (tertiary/aromatic N) is 2. The van der Waals surface area contributed by atoms with Crippen molar-refractivity contribution in [3.63, 3.8) is 0 Å². The number of carbonyl (C=O) groups excluding carboxylic acids is 1. The fraction of sp³-hybridized carbons (Fsp3) is 0.944. The molecule has 2 fully saturated rings. The summed E-state index contributed by atoms with van der Waals surface area (Å²) in [6, 6.07) is -0.297. The molecular formula is C18H35N3O2. The van der Waals surface area contributed by atoms with Crippen LogP contribution in [0.2, 0.25) is 0 Å².